The zero-order valence-electron chi connectivity index (χ0n) is 13.1. The van der Waals surface area contributed by atoms with Gasteiger partial charge >= 0.3 is 0 Å². The van der Waals surface area contributed by atoms with E-state index in [2.05, 4.69) is 41.7 Å². The van der Waals surface area contributed by atoms with Crippen molar-refractivity contribution in [2.45, 2.75) is 13.0 Å². The number of ether oxygens (including phenoxy) is 1. The van der Waals surface area contributed by atoms with Crippen molar-refractivity contribution in [3.8, 4) is 5.75 Å². The Morgan fingerprint density at radius 1 is 1.05 bits per heavy atom. The van der Waals surface area contributed by atoms with E-state index in [1.54, 1.807) is 7.11 Å². The molecule has 0 aliphatic rings. The van der Waals surface area contributed by atoms with Crippen molar-refractivity contribution in [2.24, 2.45) is 0 Å². The largest absolute Gasteiger partial charge is 0.497 e. The fourth-order valence-corrected chi connectivity index (χ4v) is 2.34. The maximum absolute atomic E-state index is 5.43. The Hall–Kier alpha value is -2.07. The summed E-state index contributed by atoms with van der Waals surface area (Å²) < 4.78 is 5.17. The zero-order valence-corrected chi connectivity index (χ0v) is 13.9. The molecule has 0 spiro atoms. The van der Waals surface area contributed by atoms with E-state index in [4.69, 9.17) is 17.0 Å². The van der Waals surface area contributed by atoms with Crippen LogP contribution in [0, 0.1) is 0 Å². The third-order valence-electron chi connectivity index (χ3n) is 3.46. The molecule has 0 atom stereocenters. The smallest absolute Gasteiger partial charge is 0.168 e. The average Bonchev–Trinajstić information content (AvgIpc) is 2.56. The quantitative estimate of drug-likeness (QED) is 0.827. The van der Waals surface area contributed by atoms with E-state index in [0.717, 1.165) is 30.4 Å². The second-order valence-electron chi connectivity index (χ2n) is 5.17. The second-order valence-corrected chi connectivity index (χ2v) is 5.56. The van der Waals surface area contributed by atoms with Crippen LogP contribution in [0.25, 0.3) is 0 Å². The molecule has 0 heterocycles. The van der Waals surface area contributed by atoms with E-state index in [0.29, 0.717) is 0 Å². The molecule has 1 N–H and O–H groups in total. The van der Waals surface area contributed by atoms with Crippen molar-refractivity contribution in [1.29, 1.82) is 0 Å². The molecule has 4 heteroatoms. The lowest BCUT2D eigenvalue weighted by Gasteiger charge is -2.21. The molecule has 0 aliphatic heterocycles. The average molecular weight is 314 g/mol. The monoisotopic (exact) mass is 314 g/mol. The van der Waals surface area contributed by atoms with Gasteiger partial charge in [0.25, 0.3) is 0 Å². The minimum absolute atomic E-state index is 0.770. The van der Waals surface area contributed by atoms with E-state index < -0.39 is 0 Å². The van der Waals surface area contributed by atoms with Crippen molar-refractivity contribution >= 4 is 17.3 Å². The number of hydrogen-bond donors (Lipinski definition) is 1. The number of nitrogens with zero attached hydrogens (tertiary/aromatic N) is 1. The van der Waals surface area contributed by atoms with Gasteiger partial charge in [-0.15, -0.1) is 0 Å². The number of nitrogens with one attached hydrogen (secondary N) is 1. The number of benzene rings is 2. The van der Waals surface area contributed by atoms with Gasteiger partial charge in [-0.2, -0.15) is 0 Å². The van der Waals surface area contributed by atoms with Crippen molar-refractivity contribution in [3.05, 3.63) is 65.7 Å². The summed E-state index contributed by atoms with van der Waals surface area (Å²) in [7, 11) is 3.68. The van der Waals surface area contributed by atoms with Gasteiger partial charge in [0.15, 0.2) is 5.11 Å². The Morgan fingerprint density at radius 2 is 1.73 bits per heavy atom. The third-order valence-corrected chi connectivity index (χ3v) is 3.91. The van der Waals surface area contributed by atoms with E-state index >= 15 is 0 Å². The van der Waals surface area contributed by atoms with Crippen molar-refractivity contribution in [2.75, 3.05) is 20.7 Å². The predicted molar refractivity (Wildman–Crippen MR) is 95.2 cm³/mol. The van der Waals surface area contributed by atoms with Crippen LogP contribution in [0.2, 0.25) is 0 Å². The normalized spacial score (nSPS) is 10.1. The van der Waals surface area contributed by atoms with Crippen molar-refractivity contribution in [1.82, 2.24) is 10.2 Å². The molecule has 0 fully saturated rings. The van der Waals surface area contributed by atoms with Gasteiger partial charge in [0.05, 0.1) is 7.11 Å². The van der Waals surface area contributed by atoms with Gasteiger partial charge in [-0.25, -0.2) is 0 Å². The Bertz CT molecular complexity index is 584. The van der Waals surface area contributed by atoms with Gasteiger partial charge in [-0.1, -0.05) is 42.5 Å². The molecule has 2 aromatic carbocycles. The summed E-state index contributed by atoms with van der Waals surface area (Å²) in [6, 6.07) is 18.5. The molecule has 2 aromatic rings. The van der Waals surface area contributed by atoms with Crippen LogP contribution in [0.4, 0.5) is 0 Å². The number of methoxy groups -OCH3 is 1. The summed E-state index contributed by atoms with van der Waals surface area (Å²) in [5.74, 6) is 0.870. The molecule has 0 aromatic heterocycles. The maximum Gasteiger partial charge on any atom is 0.168 e. The first kappa shape index (κ1) is 16.3. The molecule has 2 rings (SSSR count). The van der Waals surface area contributed by atoms with Gasteiger partial charge in [-0.05, 0) is 41.9 Å². The van der Waals surface area contributed by atoms with Gasteiger partial charge in [0, 0.05) is 20.1 Å². The summed E-state index contributed by atoms with van der Waals surface area (Å²) in [5, 5.41) is 4.08. The highest BCUT2D eigenvalue weighted by molar-refractivity contribution is 7.80. The first-order chi connectivity index (χ1) is 10.7. The lowest BCUT2D eigenvalue weighted by molar-refractivity contribution is 0.414. The Labute approximate surface area is 137 Å². The number of rotatable bonds is 6. The van der Waals surface area contributed by atoms with Gasteiger partial charge in [0.1, 0.15) is 5.75 Å². The summed E-state index contributed by atoms with van der Waals surface area (Å²) in [4.78, 5) is 2.04. The highest BCUT2D eigenvalue weighted by atomic mass is 32.1. The molecule has 0 aliphatic carbocycles. The van der Waals surface area contributed by atoms with Crippen LogP contribution in [0.3, 0.4) is 0 Å². The minimum atomic E-state index is 0.770. The van der Waals surface area contributed by atoms with Crippen LogP contribution in [0.5, 0.6) is 5.75 Å². The summed E-state index contributed by atoms with van der Waals surface area (Å²) in [6.07, 6.45) is 0.970. The fraction of sp³-hybridized carbons (Fsp3) is 0.278. The molecule has 116 valence electrons. The standard InChI is InChI=1S/C18H22N2OS/c1-20(14-16-8-10-17(21-2)11-9-16)18(22)19-13-12-15-6-4-3-5-7-15/h3-11H,12-14H2,1-2H3,(H,19,22). The van der Waals surface area contributed by atoms with Crippen LogP contribution in [-0.2, 0) is 13.0 Å². The van der Waals surface area contributed by atoms with Gasteiger partial charge in [-0.3, -0.25) is 0 Å². The Balaban J connectivity index is 1.76. The molecule has 22 heavy (non-hydrogen) atoms. The van der Waals surface area contributed by atoms with Crippen molar-refractivity contribution < 1.29 is 4.74 Å². The van der Waals surface area contributed by atoms with E-state index in [9.17, 15) is 0 Å². The zero-order chi connectivity index (χ0) is 15.8. The van der Waals surface area contributed by atoms with Crippen LogP contribution in [0.1, 0.15) is 11.1 Å². The molecule has 3 nitrogen and oxygen atoms in total. The first-order valence-corrected chi connectivity index (χ1v) is 7.75. The molecular weight excluding hydrogens is 292 g/mol. The minimum Gasteiger partial charge on any atom is -0.497 e. The predicted octanol–water partition coefficient (Wildman–Crippen LogP) is 3.24. The molecule has 0 radical (unpaired) electrons. The molecule has 0 saturated carbocycles. The number of hydrogen-bond acceptors (Lipinski definition) is 2. The Kier molecular flexibility index (Phi) is 6.22. The van der Waals surface area contributed by atoms with E-state index in [-0.39, 0.29) is 0 Å². The lowest BCUT2D eigenvalue weighted by Crippen LogP contribution is -2.37. The molecular formula is C18H22N2OS. The van der Waals surface area contributed by atoms with Crippen LogP contribution < -0.4 is 10.1 Å². The van der Waals surface area contributed by atoms with E-state index in [1.165, 1.54) is 11.1 Å². The lowest BCUT2D eigenvalue weighted by atomic mass is 10.1. The first-order valence-electron chi connectivity index (χ1n) is 7.35. The third kappa shape index (κ3) is 5.04. The molecule has 0 unspecified atom stereocenters. The molecule has 0 bridgehead atoms. The second kappa shape index (κ2) is 8.39. The maximum atomic E-state index is 5.43. The van der Waals surface area contributed by atoms with Gasteiger partial charge in [0.2, 0.25) is 0 Å². The summed E-state index contributed by atoms with van der Waals surface area (Å²) in [6.45, 7) is 1.62. The summed E-state index contributed by atoms with van der Waals surface area (Å²) in [5.41, 5.74) is 2.52. The SMILES string of the molecule is COc1ccc(CN(C)C(=S)NCCc2ccccc2)cc1. The highest BCUT2D eigenvalue weighted by Gasteiger charge is 2.05. The Morgan fingerprint density at radius 3 is 2.36 bits per heavy atom. The molecule has 0 amide bonds. The van der Waals surface area contributed by atoms with Gasteiger partial charge < -0.3 is 15.0 Å². The fourth-order valence-electron chi connectivity index (χ4n) is 2.17. The van der Waals surface area contributed by atoms with Crippen LogP contribution in [-0.4, -0.2) is 30.7 Å². The topological polar surface area (TPSA) is 24.5 Å². The highest BCUT2D eigenvalue weighted by Crippen LogP contribution is 2.12. The number of thiocarbonyl (C=S) groups is 1. The summed E-state index contributed by atoms with van der Waals surface area (Å²) >= 11 is 5.43. The van der Waals surface area contributed by atoms with Crippen LogP contribution in [0.15, 0.2) is 54.6 Å². The van der Waals surface area contributed by atoms with E-state index in [1.807, 2.05) is 30.1 Å². The molecule has 0 saturated heterocycles. The van der Waals surface area contributed by atoms with Crippen molar-refractivity contribution in [3.63, 3.8) is 0 Å². The van der Waals surface area contributed by atoms with Crippen LogP contribution >= 0.6 is 12.2 Å².